The van der Waals surface area contributed by atoms with E-state index in [1.54, 1.807) is 12.3 Å². The number of nitrogens with two attached hydrogens (primary N) is 1. The maximum Gasteiger partial charge on any atom is 0.241 e. The molecule has 0 aliphatic heterocycles. The lowest BCUT2D eigenvalue weighted by Gasteiger charge is -2.13. The number of amides is 1. The molecule has 2 heterocycles. The van der Waals surface area contributed by atoms with Crippen molar-refractivity contribution in [3.8, 4) is 11.1 Å². The van der Waals surface area contributed by atoms with Gasteiger partial charge in [-0.25, -0.2) is 4.98 Å². The number of carbonyl (C=O) groups is 1. The molecule has 6 heteroatoms. The monoisotopic (exact) mass is 390 g/mol. The van der Waals surface area contributed by atoms with Gasteiger partial charge in [0.15, 0.2) is 0 Å². The lowest BCUT2D eigenvalue weighted by Crippen LogP contribution is -2.37. The molecular weight excluding hydrogens is 372 g/mol. The van der Waals surface area contributed by atoms with Gasteiger partial charge in [0, 0.05) is 28.5 Å². The highest BCUT2D eigenvalue weighted by Gasteiger charge is 2.16. The second-order valence-electron chi connectivity index (χ2n) is 6.57. The number of hydrogen-bond donors (Lipinski definition) is 3. The maximum absolute atomic E-state index is 12.4. The van der Waals surface area contributed by atoms with Crippen LogP contribution in [0, 0.1) is 0 Å². The summed E-state index contributed by atoms with van der Waals surface area (Å²) in [4.78, 5) is 19.9. The molecule has 1 atom stereocenters. The van der Waals surface area contributed by atoms with Gasteiger partial charge in [0.2, 0.25) is 5.91 Å². The third-order valence-electron chi connectivity index (χ3n) is 4.66. The summed E-state index contributed by atoms with van der Waals surface area (Å²) in [6, 6.07) is 18.4. The van der Waals surface area contributed by atoms with Crippen molar-refractivity contribution in [3.63, 3.8) is 0 Å². The largest absolute Gasteiger partial charge is 0.346 e. The van der Waals surface area contributed by atoms with Crippen LogP contribution in [0.1, 0.15) is 5.56 Å². The average Bonchev–Trinajstić information content (AvgIpc) is 3.19. The van der Waals surface area contributed by atoms with Crippen LogP contribution in [0.4, 0.5) is 5.69 Å². The van der Waals surface area contributed by atoms with E-state index in [1.807, 2.05) is 60.8 Å². The molecule has 0 aliphatic rings. The number of benzene rings is 2. The summed E-state index contributed by atoms with van der Waals surface area (Å²) in [5, 5.41) is 4.54. The number of nitrogens with zero attached hydrogens (tertiary/aromatic N) is 1. The number of pyridine rings is 1. The smallest absolute Gasteiger partial charge is 0.241 e. The number of H-pyrrole nitrogens is 1. The van der Waals surface area contributed by atoms with Crippen molar-refractivity contribution in [2.24, 2.45) is 5.73 Å². The highest BCUT2D eigenvalue weighted by atomic mass is 35.5. The molecule has 0 aliphatic carbocycles. The van der Waals surface area contributed by atoms with Crippen molar-refractivity contribution in [2.75, 3.05) is 5.32 Å². The SMILES string of the molecule is NC(Cc1ccccc1Cl)C(=O)Nc1ccc(-c2ccnc3[nH]ccc23)cc1. The topological polar surface area (TPSA) is 83.8 Å². The van der Waals surface area contributed by atoms with Crippen molar-refractivity contribution in [3.05, 3.63) is 83.6 Å². The Kier molecular flexibility index (Phi) is 5.10. The molecule has 0 bridgehead atoms. The number of anilines is 1. The number of hydrogen-bond acceptors (Lipinski definition) is 3. The second-order valence-corrected chi connectivity index (χ2v) is 6.97. The van der Waals surface area contributed by atoms with E-state index in [1.165, 1.54) is 0 Å². The number of aromatic amines is 1. The van der Waals surface area contributed by atoms with Crippen LogP contribution in [0.5, 0.6) is 0 Å². The molecule has 4 N–H and O–H groups in total. The minimum absolute atomic E-state index is 0.246. The Hall–Kier alpha value is -3.15. The van der Waals surface area contributed by atoms with Crippen LogP contribution in [0.2, 0.25) is 5.02 Å². The molecule has 5 nitrogen and oxygen atoms in total. The molecule has 2 aromatic carbocycles. The molecule has 4 rings (SSSR count). The van der Waals surface area contributed by atoms with Gasteiger partial charge in [-0.1, -0.05) is 41.9 Å². The normalized spacial score (nSPS) is 12.1. The number of nitrogens with one attached hydrogen (secondary N) is 2. The Bertz CT molecular complexity index is 1120. The van der Waals surface area contributed by atoms with Gasteiger partial charge in [0.05, 0.1) is 6.04 Å². The Morgan fingerprint density at radius 1 is 1.11 bits per heavy atom. The average molecular weight is 391 g/mol. The van der Waals surface area contributed by atoms with Gasteiger partial charge in [0.25, 0.3) is 0 Å². The summed E-state index contributed by atoms with van der Waals surface area (Å²) >= 11 is 6.15. The van der Waals surface area contributed by atoms with Crippen molar-refractivity contribution < 1.29 is 4.79 Å². The summed E-state index contributed by atoms with van der Waals surface area (Å²) in [7, 11) is 0. The summed E-state index contributed by atoms with van der Waals surface area (Å²) in [6.45, 7) is 0. The van der Waals surface area contributed by atoms with E-state index in [2.05, 4.69) is 15.3 Å². The lowest BCUT2D eigenvalue weighted by molar-refractivity contribution is -0.117. The van der Waals surface area contributed by atoms with E-state index in [9.17, 15) is 4.79 Å². The first-order valence-electron chi connectivity index (χ1n) is 8.94. The highest BCUT2D eigenvalue weighted by molar-refractivity contribution is 6.31. The zero-order valence-electron chi connectivity index (χ0n) is 15.0. The van der Waals surface area contributed by atoms with Crippen LogP contribution in [-0.4, -0.2) is 21.9 Å². The first-order valence-corrected chi connectivity index (χ1v) is 9.32. The van der Waals surface area contributed by atoms with E-state index in [-0.39, 0.29) is 5.91 Å². The zero-order chi connectivity index (χ0) is 19.5. The Balaban J connectivity index is 1.46. The van der Waals surface area contributed by atoms with Crippen LogP contribution in [0.25, 0.3) is 22.2 Å². The summed E-state index contributed by atoms with van der Waals surface area (Å²) in [6.07, 6.45) is 4.03. The molecule has 0 spiro atoms. The van der Waals surface area contributed by atoms with E-state index < -0.39 is 6.04 Å². The fourth-order valence-electron chi connectivity index (χ4n) is 3.17. The Labute approximate surface area is 167 Å². The predicted molar refractivity (Wildman–Crippen MR) is 113 cm³/mol. The first-order chi connectivity index (χ1) is 13.6. The molecule has 4 aromatic rings. The third kappa shape index (κ3) is 3.76. The minimum atomic E-state index is -0.681. The van der Waals surface area contributed by atoms with Crippen LogP contribution in [0.3, 0.4) is 0 Å². The van der Waals surface area contributed by atoms with Gasteiger partial charge in [-0.2, -0.15) is 0 Å². The number of carbonyl (C=O) groups excluding carboxylic acids is 1. The van der Waals surface area contributed by atoms with Gasteiger partial charge in [-0.15, -0.1) is 0 Å². The predicted octanol–water partition coefficient (Wildman–Crippen LogP) is 4.39. The van der Waals surface area contributed by atoms with Gasteiger partial charge < -0.3 is 16.0 Å². The van der Waals surface area contributed by atoms with Crippen molar-refractivity contribution >= 4 is 34.2 Å². The molecule has 0 saturated carbocycles. The quantitative estimate of drug-likeness (QED) is 0.472. The minimum Gasteiger partial charge on any atom is -0.346 e. The standard InChI is InChI=1S/C22H19ClN4O/c23-19-4-2-1-3-15(19)13-20(24)22(28)27-16-7-5-14(6-8-16)17-9-11-25-21-18(17)10-12-26-21/h1-12,20H,13,24H2,(H,25,26)(H,27,28). The molecule has 1 amide bonds. The van der Waals surface area contributed by atoms with E-state index in [0.717, 1.165) is 27.7 Å². The Morgan fingerprint density at radius 2 is 1.89 bits per heavy atom. The fraction of sp³-hybridized carbons (Fsp3) is 0.0909. The molecule has 0 radical (unpaired) electrons. The van der Waals surface area contributed by atoms with Crippen LogP contribution in [0.15, 0.2) is 73.1 Å². The van der Waals surface area contributed by atoms with E-state index in [4.69, 9.17) is 17.3 Å². The Morgan fingerprint density at radius 3 is 2.68 bits per heavy atom. The molecule has 1 unspecified atom stereocenters. The number of halogens is 1. The highest BCUT2D eigenvalue weighted by Crippen LogP contribution is 2.28. The van der Waals surface area contributed by atoms with Gasteiger partial charge >= 0.3 is 0 Å². The first kappa shape index (κ1) is 18.2. The van der Waals surface area contributed by atoms with Crippen molar-refractivity contribution in [1.82, 2.24) is 9.97 Å². The number of fused-ring (bicyclic) bond motifs is 1. The van der Waals surface area contributed by atoms with Crippen molar-refractivity contribution in [1.29, 1.82) is 0 Å². The van der Waals surface area contributed by atoms with Crippen LogP contribution in [-0.2, 0) is 11.2 Å². The summed E-state index contributed by atoms with van der Waals surface area (Å²) in [5.41, 5.74) is 10.6. The van der Waals surface area contributed by atoms with Gasteiger partial charge in [-0.3, -0.25) is 4.79 Å². The van der Waals surface area contributed by atoms with E-state index >= 15 is 0 Å². The van der Waals surface area contributed by atoms with Crippen LogP contribution >= 0.6 is 11.6 Å². The number of rotatable bonds is 5. The maximum atomic E-state index is 12.4. The molecule has 0 fully saturated rings. The second kappa shape index (κ2) is 7.84. The molecule has 28 heavy (non-hydrogen) atoms. The zero-order valence-corrected chi connectivity index (χ0v) is 15.8. The number of aromatic nitrogens is 2. The lowest BCUT2D eigenvalue weighted by atomic mass is 10.0. The molecule has 140 valence electrons. The summed E-state index contributed by atoms with van der Waals surface area (Å²) in [5.74, 6) is -0.246. The molecule has 0 saturated heterocycles. The molecule has 2 aromatic heterocycles. The van der Waals surface area contributed by atoms with Crippen LogP contribution < -0.4 is 11.1 Å². The van der Waals surface area contributed by atoms with E-state index in [0.29, 0.717) is 17.1 Å². The third-order valence-corrected chi connectivity index (χ3v) is 5.03. The summed E-state index contributed by atoms with van der Waals surface area (Å²) < 4.78 is 0. The van der Waals surface area contributed by atoms with Gasteiger partial charge in [-0.05, 0) is 53.4 Å². The van der Waals surface area contributed by atoms with Crippen molar-refractivity contribution in [2.45, 2.75) is 12.5 Å². The molecular formula is C22H19ClN4O. The van der Waals surface area contributed by atoms with Gasteiger partial charge in [0.1, 0.15) is 5.65 Å². The fourth-order valence-corrected chi connectivity index (χ4v) is 3.39.